The van der Waals surface area contributed by atoms with Gasteiger partial charge in [-0.3, -0.25) is 0 Å². The molecule has 5 nitrogen and oxygen atoms in total. The molecule has 0 fully saturated rings. The largest absolute Gasteiger partial charge is 0.366 e. The van der Waals surface area contributed by atoms with Crippen LogP contribution in [0, 0.1) is 6.92 Å². The van der Waals surface area contributed by atoms with E-state index in [1.54, 1.807) is 6.21 Å². The van der Waals surface area contributed by atoms with Gasteiger partial charge in [0, 0.05) is 17.8 Å². The zero-order valence-corrected chi connectivity index (χ0v) is 14.8. The van der Waals surface area contributed by atoms with Crippen molar-refractivity contribution in [3.05, 3.63) is 28.8 Å². The summed E-state index contributed by atoms with van der Waals surface area (Å²) in [4.78, 5) is 13.3. The number of hydrogen-bond donors (Lipinski definition) is 2. The third-order valence-electron chi connectivity index (χ3n) is 4.60. The summed E-state index contributed by atoms with van der Waals surface area (Å²) in [7, 11) is 0. The second kappa shape index (κ2) is 6.60. The Labute approximate surface area is 138 Å². The van der Waals surface area contributed by atoms with Crippen molar-refractivity contribution in [1.29, 1.82) is 0 Å². The number of amides is 2. The molecule has 1 atom stereocenters. The van der Waals surface area contributed by atoms with Crippen molar-refractivity contribution in [1.82, 2.24) is 5.43 Å². The summed E-state index contributed by atoms with van der Waals surface area (Å²) >= 11 is 0. The first kappa shape index (κ1) is 17.3. The van der Waals surface area contributed by atoms with E-state index in [-0.39, 0.29) is 5.54 Å². The lowest BCUT2D eigenvalue weighted by Gasteiger charge is -2.48. The molecular weight excluding hydrogens is 288 g/mol. The van der Waals surface area contributed by atoms with Crippen LogP contribution < -0.4 is 16.1 Å². The summed E-state index contributed by atoms with van der Waals surface area (Å²) in [5.74, 6) is 0.491. The molecule has 23 heavy (non-hydrogen) atoms. The second-order valence-electron chi connectivity index (χ2n) is 7.07. The van der Waals surface area contributed by atoms with E-state index in [1.165, 1.54) is 11.3 Å². The molecule has 126 valence electrons. The first-order valence-electron chi connectivity index (χ1n) is 8.27. The molecule has 0 radical (unpaired) electrons. The smallest absolute Gasteiger partial charge is 0.332 e. The third-order valence-corrected chi connectivity index (χ3v) is 4.60. The van der Waals surface area contributed by atoms with E-state index in [2.05, 4.69) is 62.2 Å². The number of nitrogens with zero attached hydrogens (tertiary/aromatic N) is 2. The summed E-state index contributed by atoms with van der Waals surface area (Å²) in [6.07, 6.45) is 3.91. The molecule has 2 amide bonds. The number of hydrazone groups is 1. The van der Waals surface area contributed by atoms with E-state index in [9.17, 15) is 4.79 Å². The predicted molar refractivity (Wildman–Crippen MR) is 96.2 cm³/mol. The number of hydrogen-bond acceptors (Lipinski definition) is 3. The van der Waals surface area contributed by atoms with Crippen molar-refractivity contribution in [3.8, 4) is 0 Å². The van der Waals surface area contributed by atoms with Crippen LogP contribution in [0.15, 0.2) is 17.2 Å². The molecule has 2 rings (SSSR count). The molecule has 1 aromatic rings. The van der Waals surface area contributed by atoms with E-state index in [4.69, 9.17) is 5.73 Å². The summed E-state index contributed by atoms with van der Waals surface area (Å²) in [5, 5.41) is 3.90. The fourth-order valence-corrected chi connectivity index (χ4v) is 3.60. The van der Waals surface area contributed by atoms with Gasteiger partial charge in [-0.25, -0.2) is 10.2 Å². The van der Waals surface area contributed by atoms with Crippen LogP contribution in [0.1, 0.15) is 63.1 Å². The fraction of sp³-hybridized carbons (Fsp3) is 0.556. The summed E-state index contributed by atoms with van der Waals surface area (Å²) < 4.78 is 0. The van der Waals surface area contributed by atoms with Crippen molar-refractivity contribution in [2.45, 2.75) is 58.9 Å². The van der Waals surface area contributed by atoms with Crippen LogP contribution in [0.3, 0.4) is 0 Å². The molecule has 5 heteroatoms. The lowest BCUT2D eigenvalue weighted by Crippen LogP contribution is -2.48. The van der Waals surface area contributed by atoms with E-state index in [0.29, 0.717) is 5.92 Å². The predicted octanol–water partition coefficient (Wildman–Crippen LogP) is 3.50. The number of fused-ring (bicyclic) bond motifs is 1. The van der Waals surface area contributed by atoms with E-state index in [0.717, 1.165) is 30.5 Å². The minimum absolute atomic E-state index is 0.165. The average Bonchev–Trinajstić information content (AvgIpc) is 2.43. The number of rotatable bonds is 4. The van der Waals surface area contributed by atoms with Gasteiger partial charge in [-0.15, -0.1) is 0 Å². The number of carbonyl (C=O) groups is 1. The molecule has 1 aromatic carbocycles. The molecule has 1 aliphatic rings. The number of urea groups is 1. The number of benzene rings is 1. The molecule has 0 aromatic heterocycles. The highest BCUT2D eigenvalue weighted by atomic mass is 16.2. The van der Waals surface area contributed by atoms with Crippen molar-refractivity contribution in [2.24, 2.45) is 10.8 Å². The summed E-state index contributed by atoms with van der Waals surface area (Å²) in [6.45, 7) is 12.3. The van der Waals surface area contributed by atoms with E-state index < -0.39 is 6.03 Å². The quantitative estimate of drug-likeness (QED) is 0.659. The number of nitrogens with one attached hydrogen (secondary N) is 1. The Morgan fingerprint density at radius 3 is 2.83 bits per heavy atom. The number of primary amides is 1. The minimum atomic E-state index is -0.652. The van der Waals surface area contributed by atoms with Gasteiger partial charge in [-0.05, 0) is 68.4 Å². The fourth-order valence-electron chi connectivity index (χ4n) is 3.60. The van der Waals surface area contributed by atoms with Crippen LogP contribution in [-0.4, -0.2) is 24.3 Å². The maximum Gasteiger partial charge on any atom is 0.332 e. The number of nitrogens with two attached hydrogens (primary N) is 1. The van der Waals surface area contributed by atoms with Gasteiger partial charge in [-0.2, -0.15) is 5.10 Å². The Morgan fingerprint density at radius 1 is 1.52 bits per heavy atom. The van der Waals surface area contributed by atoms with E-state index in [1.807, 2.05) is 0 Å². The van der Waals surface area contributed by atoms with Gasteiger partial charge in [0.2, 0.25) is 0 Å². The number of anilines is 1. The lowest BCUT2D eigenvalue weighted by atomic mass is 9.79. The standard InChI is InChI=1S/C18H28N4O/c1-6-7-22-16-8-12(2)14(11-20-21-17(19)23)9-15(16)13(3)10-18(22,4)5/h8-9,11,13H,6-7,10H2,1-5H3,(H3,19,21,23)/b20-11-. The van der Waals surface area contributed by atoms with Crippen LogP contribution in [0.2, 0.25) is 0 Å². The molecule has 1 unspecified atom stereocenters. The molecule has 0 saturated carbocycles. The highest BCUT2D eigenvalue weighted by molar-refractivity contribution is 5.85. The molecule has 3 N–H and O–H groups in total. The van der Waals surface area contributed by atoms with Crippen LogP contribution in [0.4, 0.5) is 10.5 Å². The Bertz CT molecular complexity index is 622. The van der Waals surface area contributed by atoms with Gasteiger partial charge in [0.1, 0.15) is 0 Å². The minimum Gasteiger partial charge on any atom is -0.366 e. The SMILES string of the molecule is CCCN1c2cc(C)c(/C=N\NC(N)=O)cc2C(C)CC1(C)C. The first-order chi connectivity index (χ1) is 10.8. The normalized spacial score (nSPS) is 19.7. The van der Waals surface area contributed by atoms with Crippen LogP contribution in [0.5, 0.6) is 0 Å². The summed E-state index contributed by atoms with van der Waals surface area (Å²) in [6, 6.07) is 3.79. The van der Waals surface area contributed by atoms with Crippen molar-refractivity contribution in [3.63, 3.8) is 0 Å². The van der Waals surface area contributed by atoms with Crippen molar-refractivity contribution < 1.29 is 4.79 Å². The monoisotopic (exact) mass is 316 g/mol. The van der Waals surface area contributed by atoms with Gasteiger partial charge in [0.15, 0.2) is 0 Å². The highest BCUT2D eigenvalue weighted by Crippen LogP contribution is 2.44. The van der Waals surface area contributed by atoms with Gasteiger partial charge < -0.3 is 10.6 Å². The Morgan fingerprint density at radius 2 is 2.22 bits per heavy atom. The zero-order valence-electron chi connectivity index (χ0n) is 14.8. The average molecular weight is 316 g/mol. The topological polar surface area (TPSA) is 70.7 Å². The van der Waals surface area contributed by atoms with Crippen LogP contribution >= 0.6 is 0 Å². The molecule has 0 saturated heterocycles. The van der Waals surface area contributed by atoms with Crippen molar-refractivity contribution in [2.75, 3.05) is 11.4 Å². The number of carbonyl (C=O) groups excluding carboxylic acids is 1. The Balaban J connectivity index is 2.44. The third kappa shape index (κ3) is 3.66. The van der Waals surface area contributed by atoms with Crippen molar-refractivity contribution >= 4 is 17.9 Å². The Hall–Kier alpha value is -2.04. The Kier molecular flexibility index (Phi) is 4.97. The molecule has 1 heterocycles. The molecular formula is C18H28N4O. The maximum absolute atomic E-state index is 10.7. The van der Waals surface area contributed by atoms with Gasteiger partial charge in [-0.1, -0.05) is 13.8 Å². The lowest BCUT2D eigenvalue weighted by molar-refractivity contribution is 0.249. The van der Waals surface area contributed by atoms with Gasteiger partial charge >= 0.3 is 6.03 Å². The van der Waals surface area contributed by atoms with Crippen LogP contribution in [-0.2, 0) is 0 Å². The number of aryl methyl sites for hydroxylation is 1. The second-order valence-corrected chi connectivity index (χ2v) is 7.07. The molecule has 0 bridgehead atoms. The van der Waals surface area contributed by atoms with Gasteiger partial charge in [0.25, 0.3) is 0 Å². The first-order valence-corrected chi connectivity index (χ1v) is 8.27. The molecule has 0 aliphatic carbocycles. The maximum atomic E-state index is 10.7. The zero-order chi connectivity index (χ0) is 17.2. The highest BCUT2D eigenvalue weighted by Gasteiger charge is 2.36. The molecule has 1 aliphatic heterocycles. The van der Waals surface area contributed by atoms with E-state index >= 15 is 0 Å². The van der Waals surface area contributed by atoms with Gasteiger partial charge in [0.05, 0.1) is 6.21 Å². The van der Waals surface area contributed by atoms with Crippen LogP contribution in [0.25, 0.3) is 0 Å². The summed E-state index contributed by atoms with van der Waals surface area (Å²) in [5.41, 5.74) is 12.3. The molecule has 0 spiro atoms.